The number of amides is 1. The summed E-state index contributed by atoms with van der Waals surface area (Å²) >= 11 is 0. The van der Waals surface area contributed by atoms with Crippen LogP contribution in [0.4, 0.5) is 0 Å². The van der Waals surface area contributed by atoms with E-state index in [0.717, 1.165) is 11.1 Å². The zero-order chi connectivity index (χ0) is 20.8. The Hall–Kier alpha value is -3.47. The Bertz CT molecular complexity index is 996. The quantitative estimate of drug-likeness (QED) is 0.639. The van der Waals surface area contributed by atoms with Crippen molar-refractivity contribution in [3.63, 3.8) is 0 Å². The van der Waals surface area contributed by atoms with Gasteiger partial charge in [0.2, 0.25) is 5.75 Å². The van der Waals surface area contributed by atoms with Crippen molar-refractivity contribution in [3.05, 3.63) is 77.4 Å². The van der Waals surface area contributed by atoms with Gasteiger partial charge in [-0.3, -0.25) is 4.79 Å². The fraction of sp³-hybridized carbons (Fsp3) is 0.208. The van der Waals surface area contributed by atoms with Gasteiger partial charge in [0.25, 0.3) is 5.91 Å². The summed E-state index contributed by atoms with van der Waals surface area (Å²) in [5.41, 5.74) is 4.94. The molecule has 5 nitrogen and oxygen atoms in total. The van der Waals surface area contributed by atoms with Gasteiger partial charge in [0.1, 0.15) is 0 Å². The Balaban J connectivity index is 1.72. The lowest BCUT2D eigenvalue weighted by Gasteiger charge is -2.15. The second-order valence-corrected chi connectivity index (χ2v) is 6.63. The first-order valence-electron chi connectivity index (χ1n) is 9.30. The molecule has 1 amide bonds. The van der Waals surface area contributed by atoms with E-state index in [1.807, 2.05) is 12.1 Å². The highest BCUT2D eigenvalue weighted by Gasteiger charge is 2.20. The summed E-state index contributed by atoms with van der Waals surface area (Å²) in [5.74, 6) is 1.00. The first kappa shape index (κ1) is 20.3. The number of ether oxygens (including phenoxy) is 3. The van der Waals surface area contributed by atoms with E-state index in [2.05, 4.69) is 48.6 Å². The lowest BCUT2D eigenvalue weighted by Crippen LogP contribution is -2.23. The van der Waals surface area contributed by atoms with Crippen molar-refractivity contribution >= 4 is 5.91 Å². The first-order chi connectivity index (χ1) is 14.1. The van der Waals surface area contributed by atoms with E-state index in [4.69, 9.17) is 14.2 Å². The molecule has 0 unspecified atom stereocenters. The SMILES string of the molecule is COc1ccc(C(=O)NCc2ccc(-c3cccc(C)c3)cc2)c(OC)c1OC. The Labute approximate surface area is 171 Å². The van der Waals surface area contributed by atoms with E-state index < -0.39 is 0 Å². The number of rotatable bonds is 7. The summed E-state index contributed by atoms with van der Waals surface area (Å²) in [6, 6.07) is 19.9. The van der Waals surface area contributed by atoms with Gasteiger partial charge in [0, 0.05) is 6.54 Å². The van der Waals surface area contributed by atoms with E-state index in [9.17, 15) is 4.79 Å². The van der Waals surface area contributed by atoms with E-state index in [0.29, 0.717) is 29.4 Å². The molecule has 150 valence electrons. The van der Waals surface area contributed by atoms with Crippen molar-refractivity contribution < 1.29 is 19.0 Å². The molecule has 0 atom stereocenters. The standard InChI is InChI=1S/C24H25NO4/c1-16-6-5-7-19(14-16)18-10-8-17(9-11-18)15-25-24(26)20-12-13-21(27-2)23(29-4)22(20)28-3/h5-14H,15H2,1-4H3,(H,25,26). The molecule has 5 heteroatoms. The third-order valence-corrected chi connectivity index (χ3v) is 4.71. The van der Waals surface area contributed by atoms with Gasteiger partial charge in [-0.05, 0) is 35.7 Å². The molecule has 0 heterocycles. The van der Waals surface area contributed by atoms with Gasteiger partial charge in [0.05, 0.1) is 26.9 Å². The van der Waals surface area contributed by atoms with Crippen molar-refractivity contribution in [1.82, 2.24) is 5.32 Å². The summed E-state index contributed by atoms with van der Waals surface area (Å²) in [7, 11) is 4.55. The van der Waals surface area contributed by atoms with Crippen molar-refractivity contribution in [1.29, 1.82) is 0 Å². The Morgan fingerprint density at radius 3 is 2.17 bits per heavy atom. The summed E-state index contributed by atoms with van der Waals surface area (Å²) in [6.45, 7) is 2.49. The minimum Gasteiger partial charge on any atom is -0.493 e. The predicted octanol–water partition coefficient (Wildman–Crippen LogP) is 4.62. The van der Waals surface area contributed by atoms with Crippen LogP contribution in [0.25, 0.3) is 11.1 Å². The minimum absolute atomic E-state index is 0.245. The van der Waals surface area contributed by atoms with Crippen LogP contribution < -0.4 is 19.5 Å². The maximum absolute atomic E-state index is 12.7. The van der Waals surface area contributed by atoms with Crippen LogP contribution in [0.15, 0.2) is 60.7 Å². The molecule has 0 saturated carbocycles. The Morgan fingerprint density at radius 1 is 0.828 bits per heavy atom. The van der Waals surface area contributed by atoms with E-state index in [1.165, 1.54) is 32.5 Å². The minimum atomic E-state index is -0.245. The van der Waals surface area contributed by atoms with Crippen LogP contribution >= 0.6 is 0 Å². The first-order valence-corrected chi connectivity index (χ1v) is 9.30. The van der Waals surface area contributed by atoms with Gasteiger partial charge < -0.3 is 19.5 Å². The molecule has 0 saturated heterocycles. The van der Waals surface area contributed by atoms with E-state index in [1.54, 1.807) is 12.1 Å². The number of hydrogen-bond donors (Lipinski definition) is 1. The van der Waals surface area contributed by atoms with Crippen LogP contribution in [0.3, 0.4) is 0 Å². The maximum atomic E-state index is 12.7. The molecule has 0 aliphatic heterocycles. The van der Waals surface area contributed by atoms with Crippen LogP contribution in [0, 0.1) is 6.92 Å². The summed E-state index contributed by atoms with van der Waals surface area (Å²) in [4.78, 5) is 12.7. The van der Waals surface area contributed by atoms with Gasteiger partial charge in [-0.1, -0.05) is 54.1 Å². The normalized spacial score (nSPS) is 10.3. The number of carbonyl (C=O) groups excluding carboxylic acids is 1. The highest BCUT2D eigenvalue weighted by Crippen LogP contribution is 2.39. The monoisotopic (exact) mass is 391 g/mol. The second kappa shape index (κ2) is 9.15. The molecule has 0 aliphatic rings. The van der Waals surface area contributed by atoms with Crippen LogP contribution in [-0.4, -0.2) is 27.2 Å². The van der Waals surface area contributed by atoms with Gasteiger partial charge in [-0.15, -0.1) is 0 Å². The summed E-state index contributed by atoms with van der Waals surface area (Å²) in [6.07, 6.45) is 0. The van der Waals surface area contributed by atoms with E-state index in [-0.39, 0.29) is 5.91 Å². The van der Waals surface area contributed by atoms with Gasteiger partial charge >= 0.3 is 0 Å². The molecule has 0 spiro atoms. The van der Waals surface area contributed by atoms with E-state index >= 15 is 0 Å². The van der Waals surface area contributed by atoms with Crippen molar-refractivity contribution in [2.24, 2.45) is 0 Å². The number of carbonyl (C=O) groups is 1. The third kappa shape index (κ3) is 4.51. The lowest BCUT2D eigenvalue weighted by atomic mass is 10.0. The number of methoxy groups -OCH3 is 3. The molecule has 29 heavy (non-hydrogen) atoms. The zero-order valence-electron chi connectivity index (χ0n) is 17.1. The van der Waals surface area contributed by atoms with Crippen molar-refractivity contribution in [2.75, 3.05) is 21.3 Å². The highest BCUT2D eigenvalue weighted by atomic mass is 16.5. The second-order valence-electron chi connectivity index (χ2n) is 6.63. The van der Waals surface area contributed by atoms with Gasteiger partial charge in [-0.25, -0.2) is 0 Å². The molecule has 0 fully saturated rings. The molecule has 0 aromatic heterocycles. The molecule has 0 radical (unpaired) electrons. The number of nitrogens with one attached hydrogen (secondary N) is 1. The molecule has 3 rings (SSSR count). The fourth-order valence-electron chi connectivity index (χ4n) is 3.20. The summed E-state index contributed by atoms with van der Waals surface area (Å²) in [5, 5.41) is 2.93. The molecule has 0 aliphatic carbocycles. The van der Waals surface area contributed by atoms with Gasteiger partial charge in [-0.2, -0.15) is 0 Å². The summed E-state index contributed by atoms with van der Waals surface area (Å²) < 4.78 is 16.0. The molecule has 1 N–H and O–H groups in total. The lowest BCUT2D eigenvalue weighted by molar-refractivity contribution is 0.0947. The third-order valence-electron chi connectivity index (χ3n) is 4.71. The number of aryl methyl sites for hydroxylation is 1. The number of hydrogen-bond acceptors (Lipinski definition) is 4. The van der Waals surface area contributed by atoms with Crippen LogP contribution in [0.5, 0.6) is 17.2 Å². The maximum Gasteiger partial charge on any atom is 0.255 e. The van der Waals surface area contributed by atoms with Gasteiger partial charge in [0.15, 0.2) is 11.5 Å². The van der Waals surface area contributed by atoms with Crippen LogP contribution in [0.1, 0.15) is 21.5 Å². The average Bonchev–Trinajstić information content (AvgIpc) is 2.76. The van der Waals surface area contributed by atoms with Crippen LogP contribution in [-0.2, 0) is 6.54 Å². The number of benzene rings is 3. The average molecular weight is 391 g/mol. The predicted molar refractivity (Wildman–Crippen MR) is 114 cm³/mol. The van der Waals surface area contributed by atoms with Crippen molar-refractivity contribution in [2.45, 2.75) is 13.5 Å². The Morgan fingerprint density at radius 2 is 1.55 bits per heavy atom. The molecule has 0 bridgehead atoms. The Kier molecular flexibility index (Phi) is 6.39. The fourth-order valence-corrected chi connectivity index (χ4v) is 3.20. The molecular weight excluding hydrogens is 366 g/mol. The zero-order valence-corrected chi connectivity index (χ0v) is 17.1. The highest BCUT2D eigenvalue weighted by molar-refractivity contribution is 5.98. The molecular formula is C24H25NO4. The van der Waals surface area contributed by atoms with Crippen LogP contribution in [0.2, 0.25) is 0 Å². The molecule has 3 aromatic carbocycles. The largest absolute Gasteiger partial charge is 0.493 e. The topological polar surface area (TPSA) is 56.8 Å². The smallest absolute Gasteiger partial charge is 0.255 e. The van der Waals surface area contributed by atoms with Crippen molar-refractivity contribution in [3.8, 4) is 28.4 Å². The molecule has 3 aromatic rings.